The summed E-state index contributed by atoms with van der Waals surface area (Å²) in [6, 6.07) is 6.36. The molecule has 0 radical (unpaired) electrons. The Morgan fingerprint density at radius 2 is 1.80 bits per heavy atom. The molecule has 2 unspecified atom stereocenters. The van der Waals surface area contributed by atoms with E-state index in [0.717, 1.165) is 38.2 Å². The van der Waals surface area contributed by atoms with Gasteiger partial charge in [0.25, 0.3) is 0 Å². The van der Waals surface area contributed by atoms with Crippen LogP contribution in [-0.2, 0) is 6.18 Å². The number of aromatic nitrogens is 2. The van der Waals surface area contributed by atoms with Gasteiger partial charge in [0.15, 0.2) is 0 Å². The predicted octanol–water partition coefficient (Wildman–Crippen LogP) is 4.00. The van der Waals surface area contributed by atoms with Crippen molar-refractivity contribution in [1.82, 2.24) is 15.3 Å². The van der Waals surface area contributed by atoms with Gasteiger partial charge < -0.3 is 26.0 Å². The van der Waals surface area contributed by atoms with Gasteiger partial charge in [-0.1, -0.05) is 0 Å². The summed E-state index contributed by atoms with van der Waals surface area (Å²) in [5.41, 5.74) is -0.667. The van der Waals surface area contributed by atoms with Gasteiger partial charge in [-0.2, -0.15) is 18.2 Å². The lowest BCUT2D eigenvalue weighted by atomic mass is 9.52. The van der Waals surface area contributed by atoms with Gasteiger partial charge in [0.2, 0.25) is 5.95 Å². The van der Waals surface area contributed by atoms with Gasteiger partial charge in [0, 0.05) is 49.8 Å². The van der Waals surface area contributed by atoms with Crippen LogP contribution < -0.4 is 20.9 Å². The number of hydrogen-bond donors (Lipinski definition) is 4. The Morgan fingerprint density at radius 3 is 2.49 bits per heavy atom. The molecule has 10 heteroatoms. The lowest BCUT2D eigenvalue weighted by Gasteiger charge is -2.58. The molecule has 1 aromatic carbocycles. The van der Waals surface area contributed by atoms with E-state index in [9.17, 15) is 18.3 Å². The first-order chi connectivity index (χ1) is 16.8. The van der Waals surface area contributed by atoms with Crippen molar-refractivity contribution >= 4 is 23.1 Å². The molecule has 4 bridgehead atoms. The fourth-order valence-corrected chi connectivity index (χ4v) is 7.04. The second kappa shape index (κ2) is 8.51. The van der Waals surface area contributed by atoms with Crippen LogP contribution in [0.15, 0.2) is 30.5 Å². The number of benzene rings is 1. The maximum absolute atomic E-state index is 13.9. The third-order valence-electron chi connectivity index (χ3n) is 8.23. The SMILES string of the molecule is O[C@]12CC3CC(C1)[C@@H](Nc1ccnc(Nc4ccc(N5CCNCC5)c(C(F)(F)F)c4)n1)C(C3)C2. The molecule has 0 spiro atoms. The van der Waals surface area contributed by atoms with Crippen molar-refractivity contribution in [3.63, 3.8) is 0 Å². The molecule has 5 fully saturated rings. The van der Waals surface area contributed by atoms with E-state index in [4.69, 9.17) is 0 Å². The van der Waals surface area contributed by atoms with E-state index >= 15 is 0 Å². The second-order valence-electron chi connectivity index (χ2n) is 10.7. The Morgan fingerprint density at radius 1 is 1.06 bits per heavy atom. The molecule has 0 amide bonds. The molecule has 7 nitrogen and oxygen atoms in total. The van der Waals surface area contributed by atoms with Crippen LogP contribution in [0.1, 0.15) is 37.7 Å². The van der Waals surface area contributed by atoms with Crippen LogP contribution in [0, 0.1) is 17.8 Å². The topological polar surface area (TPSA) is 85.3 Å². The first kappa shape index (κ1) is 22.8. The van der Waals surface area contributed by atoms with Crippen LogP contribution in [0.5, 0.6) is 0 Å². The van der Waals surface area contributed by atoms with Crippen LogP contribution >= 0.6 is 0 Å². The largest absolute Gasteiger partial charge is 0.418 e. The van der Waals surface area contributed by atoms with E-state index in [0.29, 0.717) is 55.4 Å². The zero-order chi connectivity index (χ0) is 24.2. The molecule has 2 atom stereocenters. The first-order valence-corrected chi connectivity index (χ1v) is 12.5. The van der Waals surface area contributed by atoms with Gasteiger partial charge in [-0.05, 0) is 74.1 Å². The third-order valence-corrected chi connectivity index (χ3v) is 8.23. The van der Waals surface area contributed by atoms with Crippen LogP contribution in [0.4, 0.5) is 36.3 Å². The van der Waals surface area contributed by atoms with Crippen molar-refractivity contribution < 1.29 is 18.3 Å². The number of anilines is 4. The Hall–Kier alpha value is -2.59. The average molecular weight is 489 g/mol. The molecular formula is C25H31F3N6O. The van der Waals surface area contributed by atoms with E-state index in [2.05, 4.69) is 25.9 Å². The van der Waals surface area contributed by atoms with Crippen LogP contribution in [0.2, 0.25) is 0 Å². The molecule has 1 saturated heterocycles. The second-order valence-corrected chi connectivity index (χ2v) is 10.7. The van der Waals surface area contributed by atoms with Gasteiger partial charge in [0.1, 0.15) is 5.82 Å². The number of piperazine rings is 1. The van der Waals surface area contributed by atoms with E-state index in [1.165, 1.54) is 6.07 Å². The molecule has 35 heavy (non-hydrogen) atoms. The van der Waals surface area contributed by atoms with E-state index < -0.39 is 17.3 Å². The number of alkyl halides is 3. The van der Waals surface area contributed by atoms with Crippen LogP contribution in [0.3, 0.4) is 0 Å². The van der Waals surface area contributed by atoms with Crippen molar-refractivity contribution in [2.75, 3.05) is 41.7 Å². The van der Waals surface area contributed by atoms with Gasteiger partial charge in [-0.3, -0.25) is 0 Å². The molecule has 4 aliphatic carbocycles. The number of nitrogens with zero attached hydrogens (tertiary/aromatic N) is 3. The maximum Gasteiger partial charge on any atom is 0.418 e. The Balaban J connectivity index is 1.19. The molecule has 4 saturated carbocycles. The quantitative estimate of drug-likeness (QED) is 0.506. The number of halogens is 3. The van der Waals surface area contributed by atoms with Gasteiger partial charge >= 0.3 is 6.18 Å². The molecule has 2 aromatic rings. The van der Waals surface area contributed by atoms with Crippen molar-refractivity contribution in [3.8, 4) is 0 Å². The lowest BCUT2D eigenvalue weighted by molar-refractivity contribution is -0.137. The first-order valence-electron chi connectivity index (χ1n) is 12.5. The molecule has 188 valence electrons. The lowest BCUT2D eigenvalue weighted by Crippen LogP contribution is -2.59. The highest BCUT2D eigenvalue weighted by Gasteiger charge is 2.54. The summed E-state index contributed by atoms with van der Waals surface area (Å²) in [5.74, 6) is 2.36. The average Bonchev–Trinajstić information content (AvgIpc) is 2.81. The number of hydrogen-bond acceptors (Lipinski definition) is 7. The standard InChI is InChI=1S/C25H31F3N6O/c26-25(27,28)19-11-18(1-2-20(19)34-7-5-29-6-8-34)31-23-30-4-3-21(33-23)32-22-16-9-15-10-17(22)14-24(35,12-15)13-16/h1-4,11,15-17,22,29,35H,5-10,12-14H2,(H2,30,31,32,33)/t15?,16?,17?,22-,24-. The summed E-state index contributed by atoms with van der Waals surface area (Å²) in [6.45, 7) is 2.39. The van der Waals surface area contributed by atoms with Gasteiger partial charge in [0.05, 0.1) is 11.2 Å². The van der Waals surface area contributed by atoms with Gasteiger partial charge in [-0.25, -0.2) is 4.98 Å². The Kier molecular flexibility index (Phi) is 5.56. The number of rotatable bonds is 5. The molecule has 4 N–H and O–H groups in total. The molecule has 1 aliphatic heterocycles. The van der Waals surface area contributed by atoms with Crippen molar-refractivity contribution in [1.29, 1.82) is 0 Å². The number of aliphatic hydroxyl groups is 1. The zero-order valence-electron chi connectivity index (χ0n) is 19.5. The number of nitrogens with one attached hydrogen (secondary N) is 3. The molecule has 1 aromatic heterocycles. The van der Waals surface area contributed by atoms with Crippen LogP contribution in [-0.4, -0.2) is 52.9 Å². The third kappa shape index (κ3) is 4.53. The summed E-state index contributed by atoms with van der Waals surface area (Å²) in [4.78, 5) is 10.5. The smallest absolute Gasteiger partial charge is 0.390 e. The zero-order valence-corrected chi connectivity index (χ0v) is 19.5. The van der Waals surface area contributed by atoms with Gasteiger partial charge in [-0.15, -0.1) is 0 Å². The molecular weight excluding hydrogens is 457 g/mol. The van der Waals surface area contributed by atoms with Crippen molar-refractivity contribution in [2.24, 2.45) is 17.8 Å². The predicted molar refractivity (Wildman–Crippen MR) is 128 cm³/mol. The molecule has 2 heterocycles. The van der Waals surface area contributed by atoms with E-state index in [1.807, 2.05) is 0 Å². The fraction of sp³-hybridized carbons (Fsp3) is 0.600. The minimum Gasteiger partial charge on any atom is -0.390 e. The minimum atomic E-state index is -4.47. The van der Waals surface area contributed by atoms with Crippen molar-refractivity contribution in [3.05, 3.63) is 36.0 Å². The highest BCUT2D eigenvalue weighted by atomic mass is 19.4. The monoisotopic (exact) mass is 488 g/mol. The summed E-state index contributed by atoms with van der Waals surface area (Å²) < 4.78 is 41.7. The summed E-state index contributed by atoms with van der Waals surface area (Å²) in [5, 5.41) is 20.5. The highest BCUT2D eigenvalue weighted by Crippen LogP contribution is 2.56. The van der Waals surface area contributed by atoms with E-state index in [-0.39, 0.29) is 17.7 Å². The fourth-order valence-electron chi connectivity index (χ4n) is 7.04. The molecule has 7 rings (SSSR count). The maximum atomic E-state index is 13.9. The highest BCUT2D eigenvalue weighted by molar-refractivity contribution is 5.65. The minimum absolute atomic E-state index is 0.199. The van der Waals surface area contributed by atoms with E-state index in [1.54, 1.807) is 23.2 Å². The normalized spacial score (nSPS) is 32.1. The van der Waals surface area contributed by atoms with Crippen LogP contribution in [0.25, 0.3) is 0 Å². The Bertz CT molecular complexity index is 1070. The summed E-state index contributed by atoms with van der Waals surface area (Å²) >= 11 is 0. The summed E-state index contributed by atoms with van der Waals surface area (Å²) in [7, 11) is 0. The van der Waals surface area contributed by atoms with Crippen molar-refractivity contribution in [2.45, 2.75) is 49.9 Å². The molecule has 5 aliphatic rings. The Labute approximate surface area is 202 Å². The summed E-state index contributed by atoms with van der Waals surface area (Å²) in [6.07, 6.45) is 1.99.